The summed E-state index contributed by atoms with van der Waals surface area (Å²) in [6, 6.07) is 3.91. The molecule has 0 bridgehead atoms. The van der Waals surface area contributed by atoms with E-state index in [1.54, 1.807) is 0 Å². The maximum atomic E-state index is 12.6. The lowest BCUT2D eigenvalue weighted by molar-refractivity contribution is -0.347. The average molecular weight is 561 g/mol. The minimum Gasteiger partial charge on any atom is -0.504 e. The van der Waals surface area contributed by atoms with Gasteiger partial charge in [-0.25, -0.2) is 4.79 Å². The fraction of sp³-hybridized carbons (Fsp3) is 0.542. The molecule has 0 spiro atoms. The summed E-state index contributed by atoms with van der Waals surface area (Å²) in [5, 5.41) is 78.8. The van der Waals surface area contributed by atoms with E-state index in [9.17, 15) is 45.6 Å². The van der Waals surface area contributed by atoms with Crippen LogP contribution in [0.5, 0.6) is 11.5 Å². The molecule has 210 valence electrons. The first-order chi connectivity index (χ1) is 18.0. The molecule has 11 atom stereocenters. The van der Waals surface area contributed by atoms with Crippen molar-refractivity contribution in [2.75, 3.05) is 13.2 Å². The lowest BCUT2D eigenvalue weighted by Gasteiger charge is -2.43. The molecule has 8 N–H and O–H groups in total. The van der Waals surface area contributed by atoms with Crippen LogP contribution in [0.4, 0.5) is 0 Å². The Hall–Kier alpha value is -2.46. The van der Waals surface area contributed by atoms with Gasteiger partial charge >= 0.3 is 5.97 Å². The van der Waals surface area contributed by atoms with E-state index in [-0.39, 0.29) is 11.5 Å². The molecule has 14 heteroatoms. The molecule has 0 aromatic heterocycles. The Bertz CT molecular complexity index is 1060. The normalized spacial score (nSPS) is 40.6. The summed E-state index contributed by atoms with van der Waals surface area (Å²) in [4.78, 5) is 12.6. The van der Waals surface area contributed by atoms with Gasteiger partial charge in [-0.15, -0.1) is 11.6 Å². The summed E-state index contributed by atoms with van der Waals surface area (Å²) in [5.74, 6) is -3.57. The highest BCUT2D eigenvalue weighted by Gasteiger charge is 2.65. The number of phenols is 2. The Morgan fingerprint density at radius 1 is 1.08 bits per heavy atom. The number of aliphatic hydroxyl groups is 6. The fourth-order valence-electron chi connectivity index (χ4n) is 4.89. The molecule has 1 aromatic carbocycles. The summed E-state index contributed by atoms with van der Waals surface area (Å²) in [7, 11) is 0. The third-order valence-electron chi connectivity index (χ3n) is 6.98. The second-order valence-corrected chi connectivity index (χ2v) is 9.77. The number of aliphatic hydroxyl groups excluding tert-OH is 5. The van der Waals surface area contributed by atoms with Crippen molar-refractivity contribution in [3.8, 4) is 11.5 Å². The Morgan fingerprint density at radius 2 is 1.82 bits per heavy atom. The van der Waals surface area contributed by atoms with Gasteiger partial charge in [-0.05, 0) is 29.8 Å². The number of carbonyl (C=O) groups excluding carboxylic acids is 1. The van der Waals surface area contributed by atoms with Crippen LogP contribution in [0.15, 0.2) is 36.6 Å². The Kier molecular flexibility index (Phi) is 8.52. The first kappa shape index (κ1) is 28.5. The summed E-state index contributed by atoms with van der Waals surface area (Å²) < 4.78 is 22.0. The van der Waals surface area contributed by atoms with Crippen LogP contribution < -0.4 is 0 Å². The van der Waals surface area contributed by atoms with Crippen LogP contribution >= 0.6 is 11.6 Å². The highest BCUT2D eigenvalue weighted by molar-refractivity contribution is 6.22. The SMILES string of the molecule is O=C(C=Cc1ccc(O)c(O)c1)O[C@H]1[C@@H]2C=CO[C@@H](O[C@@H]3O[C@H](CO)[C@@H](O)[C@H](O)[C@H]3O)[C@@H]2[C@](O)(CO)[C@@H]1Cl. The molecule has 2 aliphatic heterocycles. The van der Waals surface area contributed by atoms with Gasteiger partial charge < -0.3 is 59.8 Å². The molecule has 0 radical (unpaired) electrons. The molecule has 3 aliphatic rings. The Morgan fingerprint density at radius 3 is 2.47 bits per heavy atom. The first-order valence-corrected chi connectivity index (χ1v) is 12.1. The zero-order valence-corrected chi connectivity index (χ0v) is 20.5. The minimum absolute atomic E-state index is 0.332. The van der Waals surface area contributed by atoms with Crippen LogP contribution in [0.1, 0.15) is 5.56 Å². The van der Waals surface area contributed by atoms with Gasteiger partial charge in [0, 0.05) is 12.0 Å². The van der Waals surface area contributed by atoms with Crippen molar-refractivity contribution in [3.05, 3.63) is 42.2 Å². The van der Waals surface area contributed by atoms with Crippen LogP contribution in [0.3, 0.4) is 0 Å². The van der Waals surface area contributed by atoms with Crippen molar-refractivity contribution in [1.82, 2.24) is 0 Å². The van der Waals surface area contributed by atoms with E-state index in [0.29, 0.717) is 5.56 Å². The number of alkyl halides is 1. The molecular formula is C24H29ClO13. The van der Waals surface area contributed by atoms with E-state index >= 15 is 0 Å². The number of rotatable bonds is 7. The van der Waals surface area contributed by atoms with E-state index < -0.39 is 85.1 Å². The summed E-state index contributed by atoms with van der Waals surface area (Å²) >= 11 is 6.48. The number of carbonyl (C=O) groups is 1. The van der Waals surface area contributed by atoms with Gasteiger partial charge in [-0.1, -0.05) is 6.07 Å². The van der Waals surface area contributed by atoms with E-state index in [2.05, 4.69) is 0 Å². The largest absolute Gasteiger partial charge is 0.504 e. The molecular weight excluding hydrogens is 532 g/mol. The summed E-state index contributed by atoms with van der Waals surface area (Å²) in [6.45, 7) is -1.58. The minimum atomic E-state index is -2.10. The summed E-state index contributed by atoms with van der Waals surface area (Å²) in [6.07, 6.45) is -5.55. The van der Waals surface area contributed by atoms with Crippen molar-refractivity contribution >= 4 is 23.6 Å². The average Bonchev–Trinajstić information content (AvgIpc) is 3.12. The molecule has 0 unspecified atom stereocenters. The standard InChI is InChI=1S/C24H29ClO13/c25-21-20(37-15(30)4-2-10-1-3-12(28)13(29)7-10)11-5-6-35-22(16(11)24(21,34)9-27)38-23-19(33)18(32)17(31)14(8-26)36-23/h1-7,11,14,16-23,26-29,31-34H,8-9H2/t11-,14-,16-,17-,18+,19-,20+,21-,22+,23+,24-/m1/s1. The zero-order chi connectivity index (χ0) is 27.8. The number of hydrogen-bond acceptors (Lipinski definition) is 13. The van der Waals surface area contributed by atoms with Crippen molar-refractivity contribution in [2.45, 2.75) is 54.1 Å². The number of halogens is 1. The molecule has 1 saturated carbocycles. The van der Waals surface area contributed by atoms with Gasteiger partial charge in [0.2, 0.25) is 6.29 Å². The molecule has 4 rings (SSSR count). The third-order valence-corrected chi connectivity index (χ3v) is 7.60. The number of phenolic OH excluding ortho intramolecular Hbond substituents is 2. The lowest BCUT2D eigenvalue weighted by Crippen LogP contribution is -2.61. The van der Waals surface area contributed by atoms with Gasteiger partial charge in [0.25, 0.3) is 0 Å². The van der Waals surface area contributed by atoms with E-state index in [4.69, 9.17) is 30.5 Å². The first-order valence-electron chi connectivity index (χ1n) is 11.7. The molecule has 1 aromatic rings. The number of ether oxygens (including phenoxy) is 4. The van der Waals surface area contributed by atoms with Gasteiger partial charge in [0.1, 0.15) is 41.5 Å². The second-order valence-electron chi connectivity index (χ2n) is 9.30. The van der Waals surface area contributed by atoms with Crippen molar-refractivity contribution in [1.29, 1.82) is 0 Å². The van der Waals surface area contributed by atoms with Crippen LogP contribution in [-0.4, -0.2) is 114 Å². The number of fused-ring (bicyclic) bond motifs is 1. The van der Waals surface area contributed by atoms with Crippen molar-refractivity contribution in [2.24, 2.45) is 11.8 Å². The van der Waals surface area contributed by atoms with Gasteiger partial charge in [0.05, 0.1) is 25.4 Å². The quantitative estimate of drug-likeness (QED) is 0.0807. The van der Waals surface area contributed by atoms with E-state index in [1.807, 2.05) is 0 Å². The number of benzene rings is 1. The summed E-state index contributed by atoms with van der Waals surface area (Å²) in [5.41, 5.74) is -1.72. The van der Waals surface area contributed by atoms with Gasteiger partial charge in [0.15, 0.2) is 17.8 Å². The number of esters is 1. The monoisotopic (exact) mass is 560 g/mol. The molecule has 0 amide bonds. The number of aromatic hydroxyl groups is 2. The zero-order valence-electron chi connectivity index (χ0n) is 19.7. The lowest BCUT2D eigenvalue weighted by atomic mass is 9.84. The van der Waals surface area contributed by atoms with E-state index in [0.717, 1.165) is 6.08 Å². The van der Waals surface area contributed by atoms with Crippen LogP contribution in [0.25, 0.3) is 6.08 Å². The van der Waals surface area contributed by atoms with Gasteiger partial charge in [-0.3, -0.25) is 0 Å². The Labute approximate surface area is 221 Å². The maximum absolute atomic E-state index is 12.6. The Balaban J connectivity index is 1.52. The molecule has 1 aliphatic carbocycles. The predicted octanol–water partition coefficient (Wildman–Crippen LogP) is -1.71. The fourth-order valence-corrected chi connectivity index (χ4v) is 5.32. The van der Waals surface area contributed by atoms with Crippen molar-refractivity contribution in [3.63, 3.8) is 0 Å². The van der Waals surface area contributed by atoms with Crippen LogP contribution in [0.2, 0.25) is 0 Å². The molecule has 2 fully saturated rings. The van der Waals surface area contributed by atoms with Crippen LogP contribution in [-0.2, 0) is 23.7 Å². The maximum Gasteiger partial charge on any atom is 0.331 e. The topological polar surface area (TPSA) is 216 Å². The molecule has 1 saturated heterocycles. The van der Waals surface area contributed by atoms with Crippen LogP contribution in [0, 0.1) is 11.8 Å². The molecule has 13 nitrogen and oxygen atoms in total. The molecule has 38 heavy (non-hydrogen) atoms. The second kappa shape index (κ2) is 11.3. The third kappa shape index (κ3) is 5.21. The number of hydrogen-bond donors (Lipinski definition) is 8. The highest BCUT2D eigenvalue weighted by Crippen LogP contribution is 2.50. The van der Waals surface area contributed by atoms with Gasteiger partial charge in [-0.2, -0.15) is 0 Å². The smallest absolute Gasteiger partial charge is 0.331 e. The van der Waals surface area contributed by atoms with E-state index in [1.165, 1.54) is 36.6 Å². The molecule has 2 heterocycles. The highest BCUT2D eigenvalue weighted by atomic mass is 35.5. The van der Waals surface area contributed by atoms with Crippen molar-refractivity contribution < 1.29 is 64.6 Å². The predicted molar refractivity (Wildman–Crippen MR) is 126 cm³/mol.